The molecule has 0 aliphatic heterocycles. The average Bonchev–Trinajstić information content (AvgIpc) is 1.94. The summed E-state index contributed by atoms with van der Waals surface area (Å²) in [6.45, 7) is 2.33. The van der Waals surface area contributed by atoms with E-state index in [1.807, 2.05) is 0 Å². The van der Waals surface area contributed by atoms with Gasteiger partial charge in [-0.05, 0) is 18.3 Å². The van der Waals surface area contributed by atoms with E-state index in [1.54, 1.807) is 0 Å². The van der Waals surface area contributed by atoms with Crippen molar-refractivity contribution in [3.05, 3.63) is 0 Å². The van der Waals surface area contributed by atoms with Gasteiger partial charge >= 0.3 is 0 Å². The smallest absolute Gasteiger partial charge is 0.0117 e. The van der Waals surface area contributed by atoms with Crippen LogP contribution in [0.3, 0.4) is 0 Å². The summed E-state index contributed by atoms with van der Waals surface area (Å²) in [5.74, 6) is 4.48. The second kappa shape index (κ2) is 3.66. The van der Waals surface area contributed by atoms with Gasteiger partial charge in [0.25, 0.3) is 0 Å². The lowest BCUT2D eigenvalue weighted by atomic mass is 9.79. The van der Waals surface area contributed by atoms with Gasteiger partial charge in [-0.25, -0.2) is 0 Å². The predicted octanol–water partition coefficient (Wildman–Crippen LogP) is 2.84. The third kappa shape index (κ3) is 1.77. The molecule has 0 N–H and O–H groups in total. The van der Waals surface area contributed by atoms with Crippen molar-refractivity contribution in [2.75, 3.05) is 0 Å². The molecule has 0 aromatic rings. The molecule has 1 aliphatic carbocycles. The molecule has 56 valence electrons. The van der Waals surface area contributed by atoms with Crippen molar-refractivity contribution in [2.45, 2.75) is 39.0 Å². The first-order chi connectivity index (χ1) is 4.84. The zero-order valence-electron chi connectivity index (χ0n) is 6.77. The van der Waals surface area contributed by atoms with Crippen molar-refractivity contribution in [3.63, 3.8) is 0 Å². The Morgan fingerprint density at radius 3 is 2.70 bits per heavy atom. The van der Waals surface area contributed by atoms with Crippen LogP contribution in [0.15, 0.2) is 0 Å². The summed E-state index contributed by atoms with van der Waals surface area (Å²) in [7, 11) is 0. The SMILES string of the molecule is C#CCC1CCCCC1C. The van der Waals surface area contributed by atoms with Gasteiger partial charge in [-0.2, -0.15) is 0 Å². The fourth-order valence-electron chi connectivity index (χ4n) is 1.85. The van der Waals surface area contributed by atoms with Gasteiger partial charge < -0.3 is 0 Å². The highest BCUT2D eigenvalue weighted by Crippen LogP contribution is 2.31. The molecule has 0 aromatic heterocycles. The first-order valence-electron chi connectivity index (χ1n) is 4.28. The minimum absolute atomic E-state index is 0.832. The molecule has 0 heterocycles. The molecule has 1 rings (SSSR count). The van der Waals surface area contributed by atoms with E-state index >= 15 is 0 Å². The van der Waals surface area contributed by atoms with Crippen LogP contribution in [0.1, 0.15) is 39.0 Å². The molecule has 0 saturated heterocycles. The summed E-state index contributed by atoms with van der Waals surface area (Å²) in [6, 6.07) is 0. The molecular formula is C10H16. The van der Waals surface area contributed by atoms with Crippen LogP contribution in [0.2, 0.25) is 0 Å². The zero-order valence-corrected chi connectivity index (χ0v) is 6.77. The molecular weight excluding hydrogens is 120 g/mol. The Bertz CT molecular complexity index is 129. The van der Waals surface area contributed by atoms with Crippen LogP contribution >= 0.6 is 0 Å². The molecule has 2 unspecified atom stereocenters. The fraction of sp³-hybridized carbons (Fsp3) is 0.800. The topological polar surface area (TPSA) is 0 Å². The van der Waals surface area contributed by atoms with Crippen molar-refractivity contribution in [2.24, 2.45) is 11.8 Å². The maximum atomic E-state index is 5.27. The molecule has 0 spiro atoms. The monoisotopic (exact) mass is 136 g/mol. The Morgan fingerprint density at radius 1 is 1.40 bits per heavy atom. The van der Waals surface area contributed by atoms with Crippen molar-refractivity contribution in [3.8, 4) is 12.3 Å². The zero-order chi connectivity index (χ0) is 7.40. The Morgan fingerprint density at radius 2 is 2.10 bits per heavy atom. The first kappa shape index (κ1) is 7.66. The molecule has 1 fully saturated rings. The summed E-state index contributed by atoms with van der Waals surface area (Å²) in [4.78, 5) is 0. The molecule has 2 atom stereocenters. The lowest BCUT2D eigenvalue weighted by Gasteiger charge is -2.26. The molecule has 1 aliphatic rings. The van der Waals surface area contributed by atoms with Crippen LogP contribution in [0.4, 0.5) is 0 Å². The Balaban J connectivity index is 2.34. The maximum Gasteiger partial charge on any atom is 0.0117 e. The number of terminal acetylenes is 1. The molecule has 1 saturated carbocycles. The summed E-state index contributed by atoms with van der Waals surface area (Å²) >= 11 is 0. The van der Waals surface area contributed by atoms with Gasteiger partial charge in [-0.3, -0.25) is 0 Å². The van der Waals surface area contributed by atoms with E-state index in [4.69, 9.17) is 6.42 Å². The largest absolute Gasteiger partial charge is 0.120 e. The number of hydrogen-bond acceptors (Lipinski definition) is 0. The van der Waals surface area contributed by atoms with E-state index in [9.17, 15) is 0 Å². The van der Waals surface area contributed by atoms with Gasteiger partial charge in [-0.15, -0.1) is 12.3 Å². The lowest BCUT2D eigenvalue weighted by molar-refractivity contribution is 0.261. The van der Waals surface area contributed by atoms with Crippen molar-refractivity contribution < 1.29 is 0 Å². The normalized spacial score (nSPS) is 33.2. The summed E-state index contributed by atoms with van der Waals surface area (Å²) in [5.41, 5.74) is 0. The van der Waals surface area contributed by atoms with E-state index in [0.29, 0.717) is 0 Å². The van der Waals surface area contributed by atoms with Crippen LogP contribution < -0.4 is 0 Å². The number of rotatable bonds is 1. The second-order valence-corrected chi connectivity index (χ2v) is 3.43. The first-order valence-corrected chi connectivity index (χ1v) is 4.28. The summed E-state index contributed by atoms with van der Waals surface area (Å²) < 4.78 is 0. The fourth-order valence-corrected chi connectivity index (χ4v) is 1.85. The third-order valence-corrected chi connectivity index (χ3v) is 2.67. The van der Waals surface area contributed by atoms with Crippen molar-refractivity contribution in [1.82, 2.24) is 0 Å². The minimum Gasteiger partial charge on any atom is -0.120 e. The van der Waals surface area contributed by atoms with Gasteiger partial charge in [0.2, 0.25) is 0 Å². The van der Waals surface area contributed by atoms with E-state index in [-0.39, 0.29) is 0 Å². The van der Waals surface area contributed by atoms with Gasteiger partial charge in [0.05, 0.1) is 0 Å². The van der Waals surface area contributed by atoms with Gasteiger partial charge in [0, 0.05) is 6.42 Å². The van der Waals surface area contributed by atoms with Gasteiger partial charge in [0.1, 0.15) is 0 Å². The molecule has 0 nitrogen and oxygen atoms in total. The molecule has 0 bridgehead atoms. The summed E-state index contributed by atoms with van der Waals surface area (Å²) in [5, 5.41) is 0. The quantitative estimate of drug-likeness (QED) is 0.486. The Hall–Kier alpha value is -0.440. The van der Waals surface area contributed by atoms with Gasteiger partial charge in [-0.1, -0.05) is 26.2 Å². The van der Waals surface area contributed by atoms with E-state index in [1.165, 1.54) is 25.7 Å². The van der Waals surface area contributed by atoms with Crippen LogP contribution in [0, 0.1) is 24.2 Å². The number of hydrogen-bond donors (Lipinski definition) is 0. The van der Waals surface area contributed by atoms with E-state index in [2.05, 4.69) is 12.8 Å². The van der Waals surface area contributed by atoms with Crippen molar-refractivity contribution in [1.29, 1.82) is 0 Å². The van der Waals surface area contributed by atoms with E-state index in [0.717, 1.165) is 18.3 Å². The average molecular weight is 136 g/mol. The highest BCUT2D eigenvalue weighted by atomic mass is 14.2. The van der Waals surface area contributed by atoms with Crippen LogP contribution in [-0.2, 0) is 0 Å². The second-order valence-electron chi connectivity index (χ2n) is 3.43. The lowest BCUT2D eigenvalue weighted by Crippen LogP contribution is -2.15. The van der Waals surface area contributed by atoms with Crippen LogP contribution in [0.25, 0.3) is 0 Å². The highest BCUT2D eigenvalue weighted by molar-refractivity contribution is 4.89. The Kier molecular flexibility index (Phi) is 2.81. The molecule has 0 amide bonds. The van der Waals surface area contributed by atoms with Gasteiger partial charge in [0.15, 0.2) is 0 Å². The summed E-state index contributed by atoms with van der Waals surface area (Å²) in [6.07, 6.45) is 11.9. The third-order valence-electron chi connectivity index (χ3n) is 2.67. The van der Waals surface area contributed by atoms with Crippen molar-refractivity contribution >= 4 is 0 Å². The highest BCUT2D eigenvalue weighted by Gasteiger charge is 2.19. The maximum absolute atomic E-state index is 5.27. The standard InChI is InChI=1S/C10H16/c1-3-6-10-8-5-4-7-9(10)2/h1,9-10H,4-8H2,2H3. The molecule has 0 aromatic carbocycles. The minimum atomic E-state index is 0.832. The Labute approximate surface area is 64.0 Å². The molecule has 0 radical (unpaired) electrons. The predicted molar refractivity (Wildman–Crippen MR) is 44.6 cm³/mol. The van der Waals surface area contributed by atoms with Crippen LogP contribution in [0.5, 0.6) is 0 Å². The molecule has 10 heavy (non-hydrogen) atoms. The van der Waals surface area contributed by atoms with E-state index < -0.39 is 0 Å². The molecule has 0 heteroatoms. The van der Waals surface area contributed by atoms with Crippen LogP contribution in [-0.4, -0.2) is 0 Å².